The van der Waals surface area contributed by atoms with Crippen LogP contribution in [0.1, 0.15) is 263 Å². The number of methoxy groups -OCH3 is 1. The molecule has 0 unspecified atom stereocenters. The molecule has 0 aliphatic heterocycles. The number of aliphatic hydroxyl groups excluding tert-OH is 1. The predicted molar refractivity (Wildman–Crippen MR) is 487 cm³/mol. The molecular formula is C104H126O15. The van der Waals surface area contributed by atoms with E-state index in [1.54, 1.807) is 0 Å². The Morgan fingerprint density at radius 3 is 0.672 bits per heavy atom. The zero-order chi connectivity index (χ0) is 85.8. The molecule has 3 N–H and O–H groups in total. The van der Waals surface area contributed by atoms with Crippen molar-refractivity contribution >= 4 is 128 Å². The van der Waals surface area contributed by atoms with E-state index in [4.69, 9.17) is 29.2 Å². The van der Waals surface area contributed by atoms with E-state index >= 15 is 0 Å². The molecule has 0 spiro atoms. The fraction of sp³-hybridized carbons (Fsp3) is 0.394. The maximum atomic E-state index is 13.0. The number of aromatic carboxylic acids is 1. The molecule has 15 heteroatoms. The first-order valence-corrected chi connectivity index (χ1v) is 42.8. The Balaban J connectivity index is 0.000000217. The van der Waals surface area contributed by atoms with Gasteiger partial charge in [0.25, 0.3) is 0 Å². The molecule has 12 aromatic rings. The summed E-state index contributed by atoms with van der Waals surface area (Å²) in [5.41, 5.74) is 2.48. The van der Waals surface area contributed by atoms with Crippen LogP contribution in [0.3, 0.4) is 0 Å². The number of ether oxygens (including phenoxy) is 5. The molecule has 12 aromatic carbocycles. The molecule has 0 radical (unpaired) electrons. The highest BCUT2D eigenvalue weighted by Gasteiger charge is 2.21. The number of carboxylic acids is 2. The summed E-state index contributed by atoms with van der Waals surface area (Å²) in [6, 6.07) is 71.4. The number of hydrogen-bond donors (Lipinski definition) is 3. The summed E-state index contributed by atoms with van der Waals surface area (Å²) >= 11 is 0. The average Bonchev–Trinajstić information content (AvgIpc) is 0.794. The minimum Gasteiger partial charge on any atom is -0.481 e. The second-order valence-electron chi connectivity index (χ2n) is 32.8. The van der Waals surface area contributed by atoms with Crippen molar-refractivity contribution in [1.29, 1.82) is 0 Å². The second-order valence-corrected chi connectivity index (χ2v) is 32.8. The number of carbonyl (C=O) groups excluding carboxylic acids is 5. The number of aliphatic carboxylic acids is 1. The summed E-state index contributed by atoms with van der Waals surface area (Å²) in [6.07, 6.45) is 26.6. The molecule has 0 saturated heterocycles. The summed E-state index contributed by atoms with van der Waals surface area (Å²) in [5, 5.41) is 40.5. The van der Waals surface area contributed by atoms with Gasteiger partial charge in [-0.1, -0.05) is 337 Å². The lowest BCUT2D eigenvalue weighted by Gasteiger charge is -2.19. The van der Waals surface area contributed by atoms with Gasteiger partial charge in [-0.15, -0.1) is 0 Å². The highest BCUT2D eigenvalue weighted by Crippen LogP contribution is 2.34. The molecule has 0 aliphatic carbocycles. The smallest absolute Gasteiger partial charge is 0.339 e. The van der Waals surface area contributed by atoms with Gasteiger partial charge in [0, 0.05) is 26.4 Å². The first-order valence-electron chi connectivity index (χ1n) is 42.8. The molecule has 0 heterocycles. The number of esters is 5. The van der Waals surface area contributed by atoms with Crippen molar-refractivity contribution in [2.75, 3.05) is 34.0 Å². The van der Waals surface area contributed by atoms with Crippen LogP contribution >= 0.6 is 0 Å². The summed E-state index contributed by atoms with van der Waals surface area (Å²) < 4.78 is 26.9. The molecular weight excluding hydrogens is 1490 g/mol. The summed E-state index contributed by atoms with van der Waals surface area (Å²) in [5.74, 6) is -2.53. The first kappa shape index (κ1) is 95.1. The van der Waals surface area contributed by atoms with Crippen molar-refractivity contribution in [1.82, 2.24) is 0 Å². The van der Waals surface area contributed by atoms with Crippen LogP contribution < -0.4 is 0 Å². The number of fused-ring (bicyclic) bond motifs is 8. The molecule has 0 amide bonds. The van der Waals surface area contributed by atoms with Gasteiger partial charge in [0.1, 0.15) is 5.60 Å². The van der Waals surface area contributed by atoms with Crippen molar-refractivity contribution in [3.05, 3.63) is 241 Å². The molecule has 119 heavy (non-hydrogen) atoms. The van der Waals surface area contributed by atoms with Crippen LogP contribution in [0.15, 0.2) is 218 Å². The predicted octanol–water partition coefficient (Wildman–Crippen LogP) is 26.9. The van der Waals surface area contributed by atoms with Gasteiger partial charge in [0.05, 0.1) is 49.2 Å². The Kier molecular flexibility index (Phi) is 41.0. The van der Waals surface area contributed by atoms with Crippen LogP contribution in [0.2, 0.25) is 0 Å². The van der Waals surface area contributed by atoms with E-state index in [2.05, 4.69) is 50.6 Å². The van der Waals surface area contributed by atoms with Gasteiger partial charge >= 0.3 is 41.8 Å². The number of benzene rings is 12. The molecule has 632 valence electrons. The fourth-order valence-corrected chi connectivity index (χ4v) is 14.5. The van der Waals surface area contributed by atoms with E-state index in [-0.39, 0.29) is 36.3 Å². The molecule has 0 aliphatic rings. The fourth-order valence-electron chi connectivity index (χ4n) is 14.5. The Labute approximate surface area is 704 Å². The van der Waals surface area contributed by atoms with Crippen molar-refractivity contribution < 1.29 is 72.6 Å². The summed E-state index contributed by atoms with van der Waals surface area (Å²) in [4.78, 5) is 83.4. The highest BCUT2D eigenvalue weighted by atomic mass is 16.6. The number of carbonyl (C=O) groups is 7. The van der Waals surface area contributed by atoms with E-state index < -0.39 is 17.5 Å². The first-order chi connectivity index (χ1) is 57.5. The van der Waals surface area contributed by atoms with Gasteiger partial charge in [-0.2, -0.15) is 0 Å². The number of aliphatic hydroxyl groups is 1. The molecule has 0 aromatic heterocycles. The largest absolute Gasteiger partial charge is 0.481 e. The minimum absolute atomic E-state index is 0.0986. The van der Waals surface area contributed by atoms with Crippen LogP contribution in [0, 0.1) is 5.41 Å². The van der Waals surface area contributed by atoms with Crippen molar-refractivity contribution in [3.8, 4) is 0 Å². The van der Waals surface area contributed by atoms with Gasteiger partial charge in [0.2, 0.25) is 0 Å². The molecule has 0 atom stereocenters. The molecule has 0 bridgehead atoms. The zero-order valence-electron chi connectivity index (χ0n) is 71.7. The van der Waals surface area contributed by atoms with Crippen LogP contribution in [0.4, 0.5) is 0 Å². The monoisotopic (exact) mass is 1610 g/mol. The number of unbranched alkanes of at least 4 members (excludes halogenated alkanes) is 21. The van der Waals surface area contributed by atoms with Crippen molar-refractivity contribution in [3.63, 3.8) is 0 Å². The third-order valence-corrected chi connectivity index (χ3v) is 20.1. The zero-order valence-corrected chi connectivity index (χ0v) is 71.7. The highest BCUT2D eigenvalue weighted by molar-refractivity contribution is 6.19. The third-order valence-electron chi connectivity index (χ3n) is 20.1. The summed E-state index contributed by atoms with van der Waals surface area (Å²) in [7, 11) is 2.43. The van der Waals surface area contributed by atoms with E-state index in [9.17, 15) is 38.7 Å². The van der Waals surface area contributed by atoms with Crippen LogP contribution in [0.5, 0.6) is 0 Å². The van der Waals surface area contributed by atoms with Gasteiger partial charge in [-0.25, -0.2) is 19.2 Å². The van der Waals surface area contributed by atoms with Gasteiger partial charge < -0.3 is 39.0 Å². The quantitative estimate of drug-likeness (QED) is 0.0142. The maximum absolute atomic E-state index is 13.0. The Morgan fingerprint density at radius 1 is 0.269 bits per heavy atom. The summed E-state index contributed by atoms with van der Waals surface area (Å²) in [6.45, 7) is 15.8. The normalized spacial score (nSPS) is 11.1. The lowest BCUT2D eigenvalue weighted by Crippen LogP contribution is -2.23. The number of rotatable bonds is 37. The molecule has 0 fully saturated rings. The maximum Gasteiger partial charge on any atom is 0.339 e. The SMILES string of the molecule is CC(C)(C)C.CC(C)(C)OC(=O)CCCCCCCCCCOC(=O)c1c2ccccc2cc2ccccc12.CO.COC(=O)CCCCCCCCCCOC(=O)c1c2ccccc2cc2ccccc12.O=C(O)CCCCCCCCCCOC(=O)c1c2ccccc2cc2ccccc12.O=C(O)c1c2ccccc2cc2ccccc12. The molecule has 12 rings (SSSR count). The molecule has 0 saturated carbocycles. The van der Waals surface area contributed by atoms with E-state index in [0.29, 0.717) is 60.3 Å². The molecule has 15 nitrogen and oxygen atoms in total. The lowest BCUT2D eigenvalue weighted by molar-refractivity contribution is -0.155. The van der Waals surface area contributed by atoms with E-state index in [1.807, 2.05) is 221 Å². The Morgan fingerprint density at radius 2 is 0.462 bits per heavy atom. The van der Waals surface area contributed by atoms with Crippen molar-refractivity contribution in [2.24, 2.45) is 5.41 Å². The van der Waals surface area contributed by atoms with Gasteiger partial charge in [0.15, 0.2) is 0 Å². The minimum atomic E-state index is -0.877. The third kappa shape index (κ3) is 32.7. The van der Waals surface area contributed by atoms with Crippen LogP contribution in [-0.2, 0) is 38.1 Å². The second kappa shape index (κ2) is 51.3. The van der Waals surface area contributed by atoms with Crippen molar-refractivity contribution in [2.45, 2.75) is 227 Å². The van der Waals surface area contributed by atoms with Gasteiger partial charge in [-0.3, -0.25) is 14.4 Å². The standard InChI is InChI=1S/C30H38O4.C27H32O4.C26H30O4.C15H10O2.C5H12.CH4O/c1-30(2,3)34-27(31)20-10-8-6-4-5-7-9-15-21-33-29(32)28-25-18-13-11-16-23(25)22-24-17-12-14-19-26(24)28;1-30-25(28)18-8-6-4-2-3-5-7-13-19-31-27(29)26-23-16-11-9-14-21(23)20-22-15-10-12-17-24(22)26;27-24(28)17-7-5-3-1-2-4-6-12-18-30-26(29)25-22-15-10-8-13-20(22)19-21-14-9-11-16-23(21)25;16-15(17)14-12-7-3-1-5-10(12)9-11-6-2-4-8-13(11)14;1-5(2,3)4;1-2/h11-14,16-19,22H,4-10,15,20-21H2,1-3H3;9-12,14-17,20H,2-8,13,18-19H2,1H3;8-11,13-16,19H,1-7,12,17-18H2,(H,27,28);1-9H,(H,16,17);1-4H3;2H,1H3. The topological polar surface area (TPSA) is 226 Å². The van der Waals surface area contributed by atoms with Crippen LogP contribution in [0.25, 0.3) is 86.2 Å². The average molecular weight is 1620 g/mol. The Bertz CT molecular complexity index is 4980. The lowest BCUT2D eigenvalue weighted by atomic mass is 9.97. The van der Waals surface area contributed by atoms with E-state index in [0.717, 1.165) is 222 Å². The van der Waals surface area contributed by atoms with Crippen LogP contribution in [-0.4, -0.2) is 96.7 Å². The number of carboxylic acid groups (broad SMARTS) is 2. The van der Waals surface area contributed by atoms with E-state index in [1.165, 1.54) is 32.8 Å². The number of hydrogen-bond acceptors (Lipinski definition) is 13. The van der Waals surface area contributed by atoms with Gasteiger partial charge in [-0.05, 0) is 175 Å². The Hall–Kier alpha value is -11.0.